The molecule has 1 N–H and O–H groups in total. The lowest BCUT2D eigenvalue weighted by molar-refractivity contribution is -0.117. The number of amides is 1. The van der Waals surface area contributed by atoms with Crippen molar-refractivity contribution in [1.29, 1.82) is 0 Å². The molecule has 0 heterocycles. The van der Waals surface area contributed by atoms with Crippen LogP contribution in [0, 0.1) is 11.8 Å². The zero-order valence-corrected chi connectivity index (χ0v) is 12.2. The number of nitrogens with one attached hydrogen (secondary N) is 1. The van der Waals surface area contributed by atoms with Gasteiger partial charge in [-0.2, -0.15) is 0 Å². The first-order valence-electron chi connectivity index (χ1n) is 6.87. The average molecular weight is 283 g/mol. The van der Waals surface area contributed by atoms with Crippen LogP contribution in [0.3, 0.4) is 0 Å². The van der Waals surface area contributed by atoms with Gasteiger partial charge in [0.1, 0.15) is 0 Å². The molecule has 0 aromatic heterocycles. The summed E-state index contributed by atoms with van der Waals surface area (Å²) in [6.07, 6.45) is 1.01. The minimum absolute atomic E-state index is 0.151. The minimum Gasteiger partial charge on any atom is -0.325 e. The molecule has 0 aliphatic heterocycles. The van der Waals surface area contributed by atoms with E-state index in [4.69, 9.17) is 0 Å². The second-order valence-corrected chi connectivity index (χ2v) is 6.34. The van der Waals surface area contributed by atoms with E-state index in [9.17, 15) is 4.79 Å². The summed E-state index contributed by atoms with van der Waals surface area (Å²) in [6.45, 7) is 2.12. The zero-order chi connectivity index (χ0) is 13.9. The summed E-state index contributed by atoms with van der Waals surface area (Å²) >= 11 is 1.67. The third-order valence-electron chi connectivity index (χ3n) is 3.56. The summed E-state index contributed by atoms with van der Waals surface area (Å²) in [5, 5.41) is 3.06. The summed E-state index contributed by atoms with van der Waals surface area (Å²) in [5.41, 5.74) is 0.908. The van der Waals surface area contributed by atoms with Gasteiger partial charge in [-0.05, 0) is 36.6 Å². The Hall–Kier alpha value is -1.74. The molecule has 0 bridgehead atoms. The number of anilines is 1. The van der Waals surface area contributed by atoms with Crippen molar-refractivity contribution in [3.63, 3.8) is 0 Å². The summed E-state index contributed by atoms with van der Waals surface area (Å²) < 4.78 is 0. The largest absolute Gasteiger partial charge is 0.325 e. The first kappa shape index (κ1) is 13.3. The topological polar surface area (TPSA) is 29.1 Å². The maximum absolute atomic E-state index is 12.1. The molecule has 2 nitrogen and oxygen atoms in total. The van der Waals surface area contributed by atoms with E-state index in [0.717, 1.165) is 17.0 Å². The van der Waals surface area contributed by atoms with Gasteiger partial charge in [0.15, 0.2) is 0 Å². The number of rotatable bonds is 4. The molecule has 1 aliphatic carbocycles. The predicted octanol–water partition coefficient (Wildman–Crippen LogP) is 4.43. The van der Waals surface area contributed by atoms with Gasteiger partial charge in [-0.1, -0.05) is 49.0 Å². The van der Waals surface area contributed by atoms with Gasteiger partial charge in [0.2, 0.25) is 5.91 Å². The highest BCUT2D eigenvalue weighted by Crippen LogP contribution is 2.39. The molecular formula is C17H17NOS. The van der Waals surface area contributed by atoms with Crippen molar-refractivity contribution < 1.29 is 4.79 Å². The van der Waals surface area contributed by atoms with Crippen LogP contribution in [0.25, 0.3) is 0 Å². The molecule has 102 valence electrons. The van der Waals surface area contributed by atoms with E-state index in [1.165, 1.54) is 4.90 Å². The molecule has 3 heteroatoms. The highest BCUT2D eigenvalue weighted by molar-refractivity contribution is 7.99. The molecule has 2 aromatic carbocycles. The van der Waals surface area contributed by atoms with Gasteiger partial charge >= 0.3 is 0 Å². The Bertz CT molecular complexity index is 611. The molecular weight excluding hydrogens is 266 g/mol. The van der Waals surface area contributed by atoms with Gasteiger partial charge in [0.25, 0.3) is 0 Å². The molecule has 0 spiro atoms. The van der Waals surface area contributed by atoms with Gasteiger partial charge in [-0.15, -0.1) is 0 Å². The Labute approximate surface area is 123 Å². The van der Waals surface area contributed by atoms with Crippen molar-refractivity contribution in [2.45, 2.75) is 23.1 Å². The molecule has 1 amide bonds. The summed E-state index contributed by atoms with van der Waals surface area (Å²) in [7, 11) is 0. The van der Waals surface area contributed by atoms with Gasteiger partial charge in [0, 0.05) is 15.7 Å². The molecule has 20 heavy (non-hydrogen) atoms. The standard InChI is InChI=1S/C17H17NOS/c1-12-11-14(12)17(19)18-15-9-5-6-10-16(15)20-13-7-3-2-4-8-13/h2-10,12,14H,11H2,1H3,(H,18,19). The molecule has 1 aliphatic rings. The first-order valence-corrected chi connectivity index (χ1v) is 7.68. The van der Waals surface area contributed by atoms with Gasteiger partial charge in [-0.3, -0.25) is 4.79 Å². The summed E-state index contributed by atoms with van der Waals surface area (Å²) in [4.78, 5) is 14.3. The highest BCUT2D eigenvalue weighted by atomic mass is 32.2. The monoisotopic (exact) mass is 283 g/mol. The van der Waals surface area contributed by atoms with Crippen LogP contribution in [-0.4, -0.2) is 5.91 Å². The molecule has 2 atom stereocenters. The van der Waals surface area contributed by atoms with Crippen molar-refractivity contribution in [2.24, 2.45) is 11.8 Å². The SMILES string of the molecule is CC1CC1C(=O)Nc1ccccc1Sc1ccccc1. The highest BCUT2D eigenvalue weighted by Gasteiger charge is 2.39. The summed E-state index contributed by atoms with van der Waals surface area (Å²) in [5.74, 6) is 0.882. The van der Waals surface area contributed by atoms with Crippen LogP contribution >= 0.6 is 11.8 Å². The van der Waals surface area contributed by atoms with Crippen molar-refractivity contribution in [3.05, 3.63) is 54.6 Å². The minimum atomic E-state index is 0.151. The molecule has 3 rings (SSSR count). The Morgan fingerprint density at radius 1 is 1.10 bits per heavy atom. The van der Waals surface area contributed by atoms with E-state index < -0.39 is 0 Å². The van der Waals surface area contributed by atoms with Crippen LogP contribution in [0.2, 0.25) is 0 Å². The fourth-order valence-corrected chi connectivity index (χ4v) is 3.11. The van der Waals surface area contributed by atoms with Crippen LogP contribution in [0.5, 0.6) is 0 Å². The number of benzene rings is 2. The molecule has 1 saturated carbocycles. The van der Waals surface area contributed by atoms with Gasteiger partial charge in [0.05, 0.1) is 5.69 Å². The first-order chi connectivity index (χ1) is 9.74. The molecule has 1 fully saturated rings. The lowest BCUT2D eigenvalue weighted by Gasteiger charge is -2.10. The van der Waals surface area contributed by atoms with E-state index in [1.54, 1.807) is 11.8 Å². The number of hydrogen-bond donors (Lipinski definition) is 1. The fourth-order valence-electron chi connectivity index (χ4n) is 2.19. The maximum Gasteiger partial charge on any atom is 0.227 e. The second kappa shape index (κ2) is 5.71. The Kier molecular flexibility index (Phi) is 3.79. The smallest absolute Gasteiger partial charge is 0.227 e. The van der Waals surface area contributed by atoms with E-state index in [1.807, 2.05) is 42.5 Å². The number of carbonyl (C=O) groups excluding carboxylic acids is 1. The van der Waals surface area contributed by atoms with Crippen molar-refractivity contribution in [1.82, 2.24) is 0 Å². The lowest BCUT2D eigenvalue weighted by atomic mass is 10.3. The molecule has 2 aromatic rings. The third kappa shape index (κ3) is 3.05. The van der Waals surface area contributed by atoms with Gasteiger partial charge in [-0.25, -0.2) is 0 Å². The van der Waals surface area contributed by atoms with Gasteiger partial charge < -0.3 is 5.32 Å². The van der Waals surface area contributed by atoms with Crippen molar-refractivity contribution >= 4 is 23.4 Å². The van der Waals surface area contributed by atoms with Crippen molar-refractivity contribution in [3.8, 4) is 0 Å². The average Bonchev–Trinajstić information content (AvgIpc) is 3.19. The van der Waals surface area contributed by atoms with Crippen LogP contribution in [0.4, 0.5) is 5.69 Å². The number of para-hydroxylation sites is 1. The van der Waals surface area contributed by atoms with Crippen LogP contribution in [-0.2, 0) is 4.79 Å². The Morgan fingerprint density at radius 3 is 2.45 bits per heavy atom. The number of carbonyl (C=O) groups is 1. The predicted molar refractivity (Wildman–Crippen MR) is 82.9 cm³/mol. The molecule has 0 saturated heterocycles. The van der Waals surface area contributed by atoms with E-state index in [2.05, 4.69) is 24.4 Å². The van der Waals surface area contributed by atoms with Crippen LogP contribution in [0.1, 0.15) is 13.3 Å². The second-order valence-electron chi connectivity index (χ2n) is 5.22. The van der Waals surface area contributed by atoms with Crippen LogP contribution in [0.15, 0.2) is 64.4 Å². The van der Waals surface area contributed by atoms with Crippen molar-refractivity contribution in [2.75, 3.05) is 5.32 Å². The third-order valence-corrected chi connectivity index (χ3v) is 4.65. The van der Waals surface area contributed by atoms with E-state index in [-0.39, 0.29) is 11.8 Å². The van der Waals surface area contributed by atoms with E-state index >= 15 is 0 Å². The number of hydrogen-bond acceptors (Lipinski definition) is 2. The van der Waals surface area contributed by atoms with Crippen LogP contribution < -0.4 is 5.32 Å². The van der Waals surface area contributed by atoms with E-state index in [0.29, 0.717) is 5.92 Å². The Balaban J connectivity index is 1.76. The maximum atomic E-state index is 12.1. The fraction of sp³-hybridized carbons (Fsp3) is 0.235. The molecule has 0 radical (unpaired) electrons. The Morgan fingerprint density at radius 2 is 1.75 bits per heavy atom. The normalized spacial score (nSPS) is 20.4. The lowest BCUT2D eigenvalue weighted by Crippen LogP contribution is -2.14. The zero-order valence-electron chi connectivity index (χ0n) is 11.4. The molecule has 2 unspecified atom stereocenters. The summed E-state index contributed by atoms with van der Waals surface area (Å²) in [6, 6.07) is 18.2. The quantitative estimate of drug-likeness (QED) is 0.899.